The summed E-state index contributed by atoms with van der Waals surface area (Å²) in [6.07, 6.45) is -8.58. The van der Waals surface area contributed by atoms with Gasteiger partial charge in [0.15, 0.2) is 38.5 Å². The average Bonchev–Trinajstić information content (AvgIpc) is 0.675. The van der Waals surface area contributed by atoms with Gasteiger partial charge in [-0.1, -0.05) is 164 Å². The van der Waals surface area contributed by atoms with Crippen molar-refractivity contribution < 1.29 is 97.4 Å². The van der Waals surface area contributed by atoms with Gasteiger partial charge in [0.05, 0.1) is 71.4 Å². The Morgan fingerprint density at radius 1 is 0.575 bits per heavy atom. The number of carbonyl (C=O) groups excluding carboxylic acids is 6. The lowest BCUT2D eigenvalue weighted by atomic mass is 9.44. The molecule has 2 heterocycles. The fourth-order valence-corrected chi connectivity index (χ4v) is 22.0. The summed E-state index contributed by atoms with van der Waals surface area (Å²) in [5.41, 5.74) is -11.9. The van der Waals surface area contributed by atoms with Gasteiger partial charge in [0.2, 0.25) is 0 Å². The van der Waals surface area contributed by atoms with Crippen molar-refractivity contribution in [3.05, 3.63) is 94.1 Å². The van der Waals surface area contributed by atoms with E-state index in [1.165, 1.54) is 51.0 Å². The lowest BCUT2D eigenvalue weighted by Crippen LogP contribution is -2.82. The molecule has 4 saturated carbocycles. The molecule has 18 atom stereocenters. The minimum absolute atomic E-state index is 0. The van der Waals surface area contributed by atoms with Crippen LogP contribution in [0, 0.1) is 57.7 Å². The largest absolute Gasteiger partial charge is 0.455 e. The highest BCUT2D eigenvalue weighted by Crippen LogP contribution is 2.67. The monoisotopic (exact) mass is 1550 g/mol. The number of halogens is 1. The third kappa shape index (κ3) is 17.2. The fourth-order valence-electron chi connectivity index (χ4n) is 17.6. The first-order valence-electron chi connectivity index (χ1n) is 34.5. The van der Waals surface area contributed by atoms with Crippen LogP contribution in [0.3, 0.4) is 0 Å². The summed E-state index contributed by atoms with van der Waals surface area (Å²) in [6, 6.07) is 22.4. The maximum Gasteiger partial charge on any atom is 0.338 e. The van der Waals surface area contributed by atoms with Crippen molar-refractivity contribution in [1.82, 2.24) is 6.15 Å². The lowest BCUT2D eigenvalue weighted by Gasteiger charge is -2.68. The minimum atomic E-state index is -2.42. The summed E-state index contributed by atoms with van der Waals surface area (Å²) < 4.78 is 43.5. The molecule has 2 aromatic carbocycles. The zero-order valence-electron chi connectivity index (χ0n) is 60.8. The molecule has 0 spiro atoms. The molecule has 0 amide bonds. The molecule has 10 N–H and O–H groups in total. The van der Waals surface area contributed by atoms with Crippen LogP contribution < -0.4 is 6.15 Å². The van der Waals surface area contributed by atoms with Gasteiger partial charge in [0, 0.05) is 50.4 Å². The Bertz CT molecular complexity index is 3470. The van der Waals surface area contributed by atoms with Crippen LogP contribution in [0.1, 0.15) is 216 Å². The highest BCUT2D eigenvalue weighted by Gasteiger charge is 2.80. The maximum absolute atomic E-state index is 15.1. The molecule has 2 aliphatic heterocycles. The molecule has 10 rings (SSSR count). The van der Waals surface area contributed by atoms with E-state index in [1.54, 1.807) is 104 Å². The Hall–Kier alpha value is -5.46. The second-order valence-electron chi connectivity index (χ2n) is 29.4. The molecule has 6 fully saturated rings. The summed E-state index contributed by atoms with van der Waals surface area (Å²) in [5.74, 6) is 0.310. The number of aliphatic hydroxyl groups is 7. The predicted octanol–water partition coefficient (Wildman–Crippen LogP) is 13.7. The van der Waals surface area contributed by atoms with Gasteiger partial charge in [0.1, 0.15) is 47.8 Å². The zero-order chi connectivity index (χ0) is 73.5. The summed E-state index contributed by atoms with van der Waals surface area (Å²) in [5, 5.41) is 83.2. The van der Waals surface area contributed by atoms with Crippen LogP contribution >= 0.6 is 11.1 Å². The van der Waals surface area contributed by atoms with Gasteiger partial charge in [-0.25, -0.2) is 9.59 Å². The molecule has 0 radical (unpaired) electrons. The molecule has 6 aliphatic carbocycles. The standard InChI is InChI=1S/C35H50O10Si.C29H36O10.C6H15ClSi.C5H4.7CH4.H3N/c1-9-46(10-2,11-3)45-24-17-25-34(19-42-25,44-21(5)36)28-30(43-31(40)22-15-13-12-14-16-22)35(41)18-23(37)20(4)26(32(35,6)7)27(38)29(39)33(24,28)8;1-14-17(31)12-29(36)24(38-25(35)16-9-7-6-8-10-16)22-27(5,23(34)21(33)20(14)26(29,3)4)18(32)11-19-28(22,13-37-19)39-15(2)30;1-4-8(7,5-2)6-3;1-3-5-4-2;;;;;;;;/h12-16,23-25,27-28,30,37-38,41H,9-11,17-19H2,1-8H3;6-10,17-19,21-22,24,31-33,36H,11-13H2,1-5H3;4-6H2,1-3H3;1H,2H3;7*1H4;1H3/t23-,24-,25+,27+,28?,30-,33+,34-,35+;17-,18-,19+,21+,22?,24-,27+,28-,29+;;;;;;;;;;/m00........../s1. The van der Waals surface area contributed by atoms with E-state index in [2.05, 4.69) is 59.3 Å². The number of aliphatic hydroxyl groups excluding tert-OH is 5. The van der Waals surface area contributed by atoms with Crippen molar-refractivity contribution >= 4 is 62.2 Å². The van der Waals surface area contributed by atoms with Crippen LogP contribution in [-0.2, 0) is 52.0 Å². The van der Waals surface area contributed by atoms with Gasteiger partial charge in [-0.05, 0) is 129 Å². The van der Waals surface area contributed by atoms with E-state index < -0.39 is 168 Å². The number of ether oxygens (including phenoxy) is 6. The van der Waals surface area contributed by atoms with Crippen molar-refractivity contribution in [2.75, 3.05) is 13.2 Å². The summed E-state index contributed by atoms with van der Waals surface area (Å²) >= 11 is 6.23. The number of rotatable bonds is 14. The van der Waals surface area contributed by atoms with Gasteiger partial charge in [0.25, 0.3) is 0 Å². The summed E-state index contributed by atoms with van der Waals surface area (Å²) in [4.78, 5) is 82.2. The smallest absolute Gasteiger partial charge is 0.338 e. The first kappa shape index (κ1) is 103. The number of hydrogen-bond donors (Lipinski definition) is 8. The third-order valence-corrected chi connectivity index (χ3v) is 35.1. The molecule has 2 unspecified atom stereocenters. The molecule has 24 heteroatoms. The van der Waals surface area contributed by atoms with E-state index in [4.69, 9.17) is 50.3 Å². The SMILES string of the molecule is C.C.C.C.C.C.C.C#CC#CC.CC(=O)O[C@@]12CO[C@@H]1C[C@H](O)[C@@]1(C)C(=O)[C@H](O)C3=C(C)[C@@H](O)C[C@@](O)([C@@H](OC(=O)c4ccccc4)C12)C3(C)C.CC[Si](CC)(CC)O[C@H]1C[C@H]2OC[C@@]2(OC(C)=O)C2[C@H](OC(=O)c3ccccc3)[C@]3(O)C[C@H](O)C(C)=C([C@@H](O)C(=O)[C@@]21C)C3(C)C.CC[Si](Cl)(CC)CC.N. The molecule has 8 aliphatic rings. The second-order valence-corrected chi connectivity index (χ2v) is 41.0. The first-order chi connectivity index (χ1) is 45.7. The van der Waals surface area contributed by atoms with Crippen LogP contribution in [0.5, 0.6) is 0 Å². The number of benzene rings is 2. The number of hydrogen-bond acceptors (Lipinski definition) is 21. The normalized spacial score (nSPS) is 33.5. The van der Waals surface area contributed by atoms with Gasteiger partial charge in [-0.2, -0.15) is 11.1 Å². The van der Waals surface area contributed by atoms with E-state index in [1.807, 2.05) is 0 Å². The van der Waals surface area contributed by atoms with Crippen molar-refractivity contribution in [2.45, 2.75) is 315 Å². The van der Waals surface area contributed by atoms with Gasteiger partial charge in [-0.15, -0.1) is 6.42 Å². The molecule has 604 valence electrons. The van der Waals surface area contributed by atoms with Crippen molar-refractivity contribution in [3.63, 3.8) is 0 Å². The third-order valence-electron chi connectivity index (χ3n) is 24.3. The number of carbonyl (C=O) groups is 6. The topological polar surface area (TPSA) is 344 Å². The van der Waals surface area contributed by atoms with E-state index >= 15 is 4.79 Å². The lowest BCUT2D eigenvalue weighted by molar-refractivity contribution is -0.345. The molecule has 4 bridgehead atoms. The average molecular weight is 1550 g/mol. The van der Waals surface area contributed by atoms with E-state index in [0.717, 1.165) is 18.1 Å². The van der Waals surface area contributed by atoms with Gasteiger partial charge >= 0.3 is 23.9 Å². The summed E-state index contributed by atoms with van der Waals surface area (Å²) in [7, 11) is -3.62. The van der Waals surface area contributed by atoms with E-state index in [-0.39, 0.29) is 119 Å². The van der Waals surface area contributed by atoms with Crippen LogP contribution in [0.15, 0.2) is 83.0 Å². The van der Waals surface area contributed by atoms with Crippen LogP contribution in [0.25, 0.3) is 0 Å². The molecule has 2 saturated heterocycles. The summed E-state index contributed by atoms with van der Waals surface area (Å²) in [6.45, 7) is 29.7. The molecular weight excluding hydrogens is 1410 g/mol. The van der Waals surface area contributed by atoms with Crippen molar-refractivity contribution in [3.8, 4) is 24.2 Å². The molecule has 106 heavy (non-hydrogen) atoms. The van der Waals surface area contributed by atoms with Crippen LogP contribution in [-0.4, -0.2) is 184 Å². The maximum atomic E-state index is 15.1. The van der Waals surface area contributed by atoms with Gasteiger partial charge < -0.3 is 74.7 Å². The second kappa shape index (κ2) is 38.5. The number of esters is 4. The highest BCUT2D eigenvalue weighted by molar-refractivity contribution is 7.20. The molecule has 2 aromatic rings. The van der Waals surface area contributed by atoms with E-state index in [9.17, 15) is 59.7 Å². The Morgan fingerprint density at radius 2 is 0.915 bits per heavy atom. The number of terminal acetylenes is 1. The van der Waals surface area contributed by atoms with Crippen molar-refractivity contribution in [2.24, 2.45) is 33.5 Å². The molecule has 21 nitrogen and oxygen atoms in total. The quantitative estimate of drug-likeness (QED) is 0.0217. The Morgan fingerprint density at radius 3 is 1.20 bits per heavy atom. The Kier molecular flexibility index (Phi) is 37.2. The van der Waals surface area contributed by atoms with Crippen LogP contribution in [0.2, 0.25) is 36.3 Å². The number of fused-ring (bicyclic) bond motifs is 10. The van der Waals surface area contributed by atoms with Crippen molar-refractivity contribution in [1.29, 1.82) is 0 Å². The molecule has 0 aromatic heterocycles. The fraction of sp³-hybridized carbons (Fsp3) is 0.683. The predicted molar refractivity (Wildman–Crippen MR) is 424 cm³/mol. The Labute approximate surface area is 642 Å². The molecular formula is C82H136ClNO20Si2. The first-order valence-corrected chi connectivity index (χ1v) is 40.6. The van der Waals surface area contributed by atoms with E-state index in [0.29, 0.717) is 11.1 Å². The van der Waals surface area contributed by atoms with Gasteiger partial charge in [-0.3, -0.25) is 19.2 Å². The minimum Gasteiger partial charge on any atom is -0.455 e. The number of ketones is 2. The zero-order valence-corrected chi connectivity index (χ0v) is 63.5. The van der Waals surface area contributed by atoms with Crippen LogP contribution in [0.4, 0.5) is 0 Å². The number of Topliss-reactive ketones (excluding diaryl/α,β-unsaturated/α-hetero) is 2. The Balaban J connectivity index is 0. The highest BCUT2D eigenvalue weighted by atomic mass is 35.6.